The van der Waals surface area contributed by atoms with Crippen molar-refractivity contribution >= 4 is 46.4 Å². The monoisotopic (exact) mass is 541 g/mol. The number of nitro benzene ring substituents is 2. The first kappa shape index (κ1) is 24.8. The summed E-state index contributed by atoms with van der Waals surface area (Å²) < 4.78 is 0. The molecule has 5 atom stereocenters. The number of nitrogens with one attached hydrogen (secondary N) is 1. The van der Waals surface area contributed by atoms with E-state index in [9.17, 15) is 35.2 Å². The molecule has 0 aromatic heterocycles. The van der Waals surface area contributed by atoms with Crippen LogP contribution in [0.4, 0.5) is 17.1 Å². The topological polar surface area (TPSA) is 156 Å². The molecule has 0 radical (unpaired) electrons. The lowest BCUT2D eigenvalue weighted by molar-refractivity contribution is -0.387. The average molecular weight is 542 g/mol. The Labute approximate surface area is 219 Å². The summed E-state index contributed by atoms with van der Waals surface area (Å²) in [6.45, 7) is 0. The predicted octanol–water partition coefficient (Wildman–Crippen LogP) is 5.95. The van der Waals surface area contributed by atoms with Crippen molar-refractivity contribution in [3.8, 4) is 5.75 Å². The van der Waals surface area contributed by atoms with E-state index in [4.69, 9.17) is 11.6 Å². The summed E-state index contributed by atoms with van der Waals surface area (Å²) >= 11 is 8.35. The van der Waals surface area contributed by atoms with Crippen molar-refractivity contribution in [3.05, 3.63) is 97.6 Å². The van der Waals surface area contributed by atoms with Gasteiger partial charge in [-0.3, -0.25) is 20.2 Å². The van der Waals surface area contributed by atoms with Gasteiger partial charge in [0.05, 0.1) is 31.7 Å². The number of thioether (sulfide) groups is 1. The number of hydrogen-bond acceptors (Lipinski definition) is 8. The first-order valence-corrected chi connectivity index (χ1v) is 12.6. The van der Waals surface area contributed by atoms with Gasteiger partial charge in [0.1, 0.15) is 0 Å². The smallest absolute Gasteiger partial charge is 0.335 e. The van der Waals surface area contributed by atoms with Crippen molar-refractivity contribution in [3.63, 3.8) is 0 Å². The van der Waals surface area contributed by atoms with Gasteiger partial charge in [0.25, 0.3) is 5.69 Å². The normalized spacial score (nSPS) is 24.0. The molecule has 190 valence electrons. The lowest BCUT2D eigenvalue weighted by atomic mass is 9.76. The second kappa shape index (κ2) is 9.56. The molecule has 5 rings (SSSR count). The lowest BCUT2D eigenvalue weighted by Gasteiger charge is -2.38. The number of benzene rings is 3. The van der Waals surface area contributed by atoms with E-state index in [1.807, 2.05) is 0 Å². The Hall–Kier alpha value is -3.83. The highest BCUT2D eigenvalue weighted by atomic mass is 35.5. The Morgan fingerprint density at radius 3 is 2.46 bits per heavy atom. The highest BCUT2D eigenvalue weighted by Crippen LogP contribution is 2.58. The number of aromatic carboxylic acids is 1. The number of phenolic OH excluding ortho intramolecular Hbond substituents is 1. The van der Waals surface area contributed by atoms with Crippen LogP contribution in [0.3, 0.4) is 0 Å². The maximum absolute atomic E-state index is 11.7. The number of alkyl halides is 1. The fourth-order valence-electron chi connectivity index (χ4n) is 5.33. The number of para-hydroxylation sites is 1. The van der Waals surface area contributed by atoms with Crippen LogP contribution in [-0.4, -0.2) is 36.7 Å². The van der Waals surface area contributed by atoms with Crippen LogP contribution < -0.4 is 5.32 Å². The molecular formula is C25H20ClN3O7S. The molecular weight excluding hydrogens is 522 g/mol. The largest absolute Gasteiger partial charge is 0.502 e. The van der Waals surface area contributed by atoms with Gasteiger partial charge in [0.2, 0.25) is 0 Å². The first-order valence-electron chi connectivity index (χ1n) is 11.3. The molecule has 1 saturated carbocycles. The van der Waals surface area contributed by atoms with Gasteiger partial charge in [-0.1, -0.05) is 18.2 Å². The molecule has 5 unspecified atom stereocenters. The maximum atomic E-state index is 11.7. The zero-order valence-corrected chi connectivity index (χ0v) is 20.6. The fourth-order valence-corrected chi connectivity index (χ4v) is 7.27. The van der Waals surface area contributed by atoms with Crippen molar-refractivity contribution < 1.29 is 24.9 Å². The highest BCUT2D eigenvalue weighted by molar-refractivity contribution is 8.00. The van der Waals surface area contributed by atoms with E-state index in [2.05, 4.69) is 5.32 Å². The molecule has 1 heterocycles. The van der Waals surface area contributed by atoms with E-state index in [0.29, 0.717) is 22.6 Å². The number of halogens is 1. The molecule has 0 spiro atoms. The number of fused-ring (bicyclic) bond motifs is 3. The zero-order valence-electron chi connectivity index (χ0n) is 19.0. The predicted molar refractivity (Wildman–Crippen MR) is 138 cm³/mol. The molecule has 1 fully saturated rings. The van der Waals surface area contributed by atoms with E-state index >= 15 is 0 Å². The molecule has 2 aliphatic rings. The van der Waals surface area contributed by atoms with Crippen LogP contribution in [0.1, 0.15) is 39.9 Å². The number of carboxylic acids is 1. The number of rotatable bonds is 6. The first-order chi connectivity index (χ1) is 17.7. The van der Waals surface area contributed by atoms with Crippen LogP contribution in [-0.2, 0) is 0 Å². The van der Waals surface area contributed by atoms with Gasteiger partial charge in [0, 0.05) is 29.0 Å². The van der Waals surface area contributed by atoms with Crippen LogP contribution in [0.25, 0.3) is 0 Å². The number of anilines is 1. The standard InChI is InChI=1S/C25H20ClN3O7S/c26-23-21(37-20-4-2-1-3-17(20)28(33)34)11-15-22(23)14-9-13(25(31)32)5-7-16(14)27-24(15)12-6-8-19(30)18(10-12)29(35)36/h1-10,15,21-24,27,30H,11H2,(H,31,32). The molecule has 1 aliphatic heterocycles. The molecule has 3 aromatic rings. The van der Waals surface area contributed by atoms with Gasteiger partial charge in [-0.2, -0.15) is 0 Å². The van der Waals surface area contributed by atoms with Gasteiger partial charge >= 0.3 is 11.7 Å². The molecule has 12 heteroatoms. The number of carbonyl (C=O) groups is 1. The number of nitrogens with zero attached hydrogens (tertiary/aromatic N) is 2. The van der Waals surface area contributed by atoms with Crippen LogP contribution in [0.2, 0.25) is 0 Å². The number of phenols is 1. The number of nitro groups is 2. The van der Waals surface area contributed by atoms with Gasteiger partial charge in [-0.05, 0) is 53.8 Å². The van der Waals surface area contributed by atoms with Crippen LogP contribution in [0.15, 0.2) is 65.6 Å². The van der Waals surface area contributed by atoms with E-state index in [1.54, 1.807) is 36.4 Å². The maximum Gasteiger partial charge on any atom is 0.335 e. The molecule has 3 aromatic carbocycles. The third kappa shape index (κ3) is 4.44. The Morgan fingerprint density at radius 2 is 1.76 bits per heavy atom. The molecule has 10 nitrogen and oxygen atoms in total. The molecule has 3 N–H and O–H groups in total. The highest BCUT2D eigenvalue weighted by Gasteiger charge is 2.50. The van der Waals surface area contributed by atoms with Crippen molar-refractivity contribution in [2.75, 3.05) is 5.32 Å². The van der Waals surface area contributed by atoms with Crippen LogP contribution in [0.5, 0.6) is 5.75 Å². The minimum absolute atomic E-state index is 0.0244. The Bertz CT molecular complexity index is 1440. The van der Waals surface area contributed by atoms with Gasteiger partial charge < -0.3 is 15.5 Å². The zero-order chi connectivity index (χ0) is 26.4. The molecule has 0 bridgehead atoms. The quantitative estimate of drug-likeness (QED) is 0.195. The molecule has 0 amide bonds. The summed E-state index contributed by atoms with van der Waals surface area (Å²) in [5.74, 6) is -2.05. The van der Waals surface area contributed by atoms with Gasteiger partial charge in [-0.15, -0.1) is 23.4 Å². The van der Waals surface area contributed by atoms with Gasteiger partial charge in [-0.25, -0.2) is 4.79 Å². The second-order valence-corrected chi connectivity index (χ2v) is 10.8. The van der Waals surface area contributed by atoms with E-state index < -0.39 is 38.7 Å². The number of aromatic hydroxyl groups is 1. The van der Waals surface area contributed by atoms with Crippen molar-refractivity contribution in [2.24, 2.45) is 5.92 Å². The summed E-state index contributed by atoms with van der Waals surface area (Å²) in [7, 11) is 0. The summed E-state index contributed by atoms with van der Waals surface area (Å²) in [5, 5.41) is 45.2. The average Bonchev–Trinajstić information content (AvgIpc) is 3.19. The van der Waals surface area contributed by atoms with Gasteiger partial charge in [0.15, 0.2) is 5.75 Å². The summed E-state index contributed by atoms with van der Waals surface area (Å²) in [6.07, 6.45) is 0.513. The molecule has 37 heavy (non-hydrogen) atoms. The Balaban J connectivity index is 1.58. The SMILES string of the molecule is O=C(O)c1ccc2c(c1)C1C(Cl)C(Sc3ccccc3[N+](=O)[O-])CC1C(c1ccc(O)c([N+](=O)[O-])c1)N2. The third-order valence-electron chi connectivity index (χ3n) is 6.96. The van der Waals surface area contributed by atoms with Crippen molar-refractivity contribution in [1.29, 1.82) is 0 Å². The van der Waals surface area contributed by atoms with Crippen molar-refractivity contribution in [1.82, 2.24) is 0 Å². The summed E-state index contributed by atoms with van der Waals surface area (Å²) in [6, 6.07) is 14.9. The molecule has 0 saturated heterocycles. The lowest BCUT2D eigenvalue weighted by Crippen LogP contribution is -2.31. The summed E-state index contributed by atoms with van der Waals surface area (Å²) in [5.41, 5.74) is 1.62. The van der Waals surface area contributed by atoms with Crippen LogP contribution in [0, 0.1) is 26.1 Å². The fraction of sp³-hybridized carbons (Fsp3) is 0.240. The van der Waals surface area contributed by atoms with E-state index in [1.165, 1.54) is 36.0 Å². The number of hydrogen-bond donors (Lipinski definition) is 3. The Morgan fingerprint density at radius 1 is 1.03 bits per heavy atom. The van der Waals surface area contributed by atoms with E-state index in [0.717, 1.165) is 5.56 Å². The van der Waals surface area contributed by atoms with Crippen LogP contribution >= 0.6 is 23.4 Å². The second-order valence-electron chi connectivity index (χ2n) is 8.99. The Kier molecular flexibility index (Phi) is 6.42. The summed E-state index contributed by atoms with van der Waals surface area (Å²) in [4.78, 5) is 34.1. The minimum atomic E-state index is -1.08. The van der Waals surface area contributed by atoms with Crippen molar-refractivity contribution in [2.45, 2.75) is 33.9 Å². The minimum Gasteiger partial charge on any atom is -0.502 e. The van der Waals surface area contributed by atoms with E-state index in [-0.39, 0.29) is 28.3 Å². The number of carboxylic acid groups (broad SMARTS) is 1. The third-order valence-corrected chi connectivity index (χ3v) is 9.07. The molecule has 1 aliphatic carbocycles.